The number of nitriles is 1. The number of halogens is 2. The number of hydrogen-bond donors (Lipinski definition) is 2. The summed E-state index contributed by atoms with van der Waals surface area (Å²) in [5.41, 5.74) is 5.65. The molecule has 90 valence electrons. The largest absolute Gasteiger partial charge is 0.382 e. The molecule has 18 heavy (non-hydrogen) atoms. The van der Waals surface area contributed by atoms with Crippen LogP contribution in [0.1, 0.15) is 5.56 Å². The molecule has 7 heteroatoms. The lowest BCUT2D eigenvalue weighted by atomic mass is 10.2. The molecule has 0 aliphatic heterocycles. The third-order valence-corrected chi connectivity index (χ3v) is 2.57. The normalized spacial score (nSPS) is 9.83. The Balaban J connectivity index is 2.44. The monoisotopic (exact) mass is 263 g/mol. The predicted octanol–water partition coefficient (Wildman–Crippen LogP) is 2.47. The third-order valence-electron chi connectivity index (χ3n) is 2.19. The molecule has 2 rings (SSSR count). The standard InChI is InChI=1S/C11H7ClFN5/c12-9-10(15)16-5-17-11(9)18-8-3-1-2-7(13)6(8)4-14/h1-3,5H,(H3,15,16,17,18). The van der Waals surface area contributed by atoms with Gasteiger partial charge in [-0.05, 0) is 12.1 Å². The fourth-order valence-corrected chi connectivity index (χ4v) is 1.48. The van der Waals surface area contributed by atoms with Gasteiger partial charge in [0.2, 0.25) is 0 Å². The van der Waals surface area contributed by atoms with E-state index in [-0.39, 0.29) is 27.9 Å². The molecule has 0 unspecified atom stereocenters. The summed E-state index contributed by atoms with van der Waals surface area (Å²) in [4.78, 5) is 7.57. The Labute approximate surface area is 107 Å². The van der Waals surface area contributed by atoms with Gasteiger partial charge in [-0.3, -0.25) is 0 Å². The molecule has 0 bridgehead atoms. The van der Waals surface area contributed by atoms with Gasteiger partial charge in [-0.25, -0.2) is 14.4 Å². The van der Waals surface area contributed by atoms with E-state index in [1.165, 1.54) is 24.5 Å². The molecule has 1 heterocycles. The van der Waals surface area contributed by atoms with Crippen LogP contribution in [0.2, 0.25) is 5.02 Å². The smallest absolute Gasteiger partial charge is 0.154 e. The Bertz CT molecular complexity index is 638. The summed E-state index contributed by atoms with van der Waals surface area (Å²) in [7, 11) is 0. The Hall–Kier alpha value is -2.39. The number of benzene rings is 1. The number of aromatic nitrogens is 2. The second-order valence-corrected chi connectivity index (χ2v) is 3.70. The molecule has 0 aliphatic carbocycles. The first-order chi connectivity index (χ1) is 8.63. The van der Waals surface area contributed by atoms with Crippen molar-refractivity contribution < 1.29 is 4.39 Å². The molecule has 0 fully saturated rings. The summed E-state index contributed by atoms with van der Waals surface area (Å²) in [5, 5.41) is 11.7. The fraction of sp³-hybridized carbons (Fsp3) is 0. The molecule has 0 aliphatic rings. The van der Waals surface area contributed by atoms with Crippen LogP contribution in [-0.2, 0) is 0 Å². The summed E-state index contributed by atoms with van der Waals surface area (Å²) in [6.45, 7) is 0. The summed E-state index contributed by atoms with van der Waals surface area (Å²) in [6, 6.07) is 5.96. The molecular formula is C11H7ClFN5. The minimum absolute atomic E-state index is 0.101. The lowest BCUT2D eigenvalue weighted by Crippen LogP contribution is -2.01. The Morgan fingerprint density at radius 3 is 2.89 bits per heavy atom. The van der Waals surface area contributed by atoms with Gasteiger partial charge >= 0.3 is 0 Å². The van der Waals surface area contributed by atoms with Gasteiger partial charge in [0.05, 0.1) is 5.69 Å². The van der Waals surface area contributed by atoms with Crippen LogP contribution < -0.4 is 11.1 Å². The van der Waals surface area contributed by atoms with E-state index in [4.69, 9.17) is 22.6 Å². The van der Waals surface area contributed by atoms with Crippen molar-refractivity contribution in [1.29, 1.82) is 5.26 Å². The van der Waals surface area contributed by atoms with Crippen LogP contribution in [0.25, 0.3) is 0 Å². The zero-order valence-electron chi connectivity index (χ0n) is 8.98. The lowest BCUT2D eigenvalue weighted by molar-refractivity contribution is 0.624. The Morgan fingerprint density at radius 2 is 2.17 bits per heavy atom. The van der Waals surface area contributed by atoms with Gasteiger partial charge in [0.25, 0.3) is 0 Å². The van der Waals surface area contributed by atoms with E-state index in [1.54, 1.807) is 6.07 Å². The molecule has 0 saturated heterocycles. The molecule has 0 spiro atoms. The first-order valence-corrected chi connectivity index (χ1v) is 5.23. The van der Waals surface area contributed by atoms with Crippen molar-refractivity contribution in [2.75, 3.05) is 11.1 Å². The van der Waals surface area contributed by atoms with Gasteiger partial charge in [0.15, 0.2) is 5.82 Å². The van der Waals surface area contributed by atoms with E-state index in [1.807, 2.05) is 0 Å². The van der Waals surface area contributed by atoms with Crippen molar-refractivity contribution in [2.45, 2.75) is 0 Å². The summed E-state index contributed by atoms with van der Waals surface area (Å²) < 4.78 is 13.4. The summed E-state index contributed by atoms with van der Waals surface area (Å²) in [5.74, 6) is -0.309. The maximum atomic E-state index is 13.4. The highest BCUT2D eigenvalue weighted by Gasteiger charge is 2.11. The van der Waals surface area contributed by atoms with Gasteiger partial charge < -0.3 is 11.1 Å². The SMILES string of the molecule is N#Cc1c(F)cccc1Nc1ncnc(N)c1Cl. The number of nitrogen functional groups attached to an aromatic ring is 1. The van der Waals surface area contributed by atoms with Gasteiger partial charge in [-0.1, -0.05) is 17.7 Å². The zero-order valence-corrected chi connectivity index (χ0v) is 9.74. The highest BCUT2D eigenvalue weighted by atomic mass is 35.5. The first-order valence-electron chi connectivity index (χ1n) is 4.85. The number of nitrogens with one attached hydrogen (secondary N) is 1. The molecule has 0 saturated carbocycles. The molecule has 0 amide bonds. The average molecular weight is 264 g/mol. The van der Waals surface area contributed by atoms with E-state index >= 15 is 0 Å². The molecule has 1 aromatic heterocycles. The van der Waals surface area contributed by atoms with Crippen LogP contribution >= 0.6 is 11.6 Å². The van der Waals surface area contributed by atoms with Crippen molar-refractivity contribution in [3.8, 4) is 6.07 Å². The minimum Gasteiger partial charge on any atom is -0.382 e. The number of nitrogens with two attached hydrogens (primary N) is 1. The van der Waals surface area contributed by atoms with Crippen molar-refractivity contribution in [3.05, 3.63) is 40.9 Å². The highest BCUT2D eigenvalue weighted by Crippen LogP contribution is 2.28. The number of hydrogen-bond acceptors (Lipinski definition) is 5. The maximum absolute atomic E-state index is 13.4. The van der Waals surface area contributed by atoms with Crippen molar-refractivity contribution >= 4 is 28.9 Å². The van der Waals surface area contributed by atoms with Gasteiger partial charge in [0, 0.05) is 0 Å². The highest BCUT2D eigenvalue weighted by molar-refractivity contribution is 6.35. The second kappa shape index (κ2) is 4.85. The fourth-order valence-electron chi connectivity index (χ4n) is 1.34. The van der Waals surface area contributed by atoms with Crippen LogP contribution in [0, 0.1) is 17.1 Å². The molecule has 3 N–H and O–H groups in total. The Kier molecular flexibility index (Phi) is 3.26. The van der Waals surface area contributed by atoms with Gasteiger partial charge in [-0.2, -0.15) is 5.26 Å². The van der Waals surface area contributed by atoms with Gasteiger partial charge in [0.1, 0.15) is 34.6 Å². The van der Waals surface area contributed by atoms with Crippen LogP contribution in [-0.4, -0.2) is 9.97 Å². The number of nitrogens with zero attached hydrogens (tertiary/aromatic N) is 3. The Morgan fingerprint density at radius 1 is 1.39 bits per heavy atom. The first kappa shape index (κ1) is 12.1. The van der Waals surface area contributed by atoms with Crippen LogP contribution in [0.5, 0.6) is 0 Å². The molecular weight excluding hydrogens is 257 g/mol. The predicted molar refractivity (Wildman–Crippen MR) is 65.9 cm³/mol. The molecule has 2 aromatic rings. The van der Waals surface area contributed by atoms with E-state index in [0.29, 0.717) is 0 Å². The number of rotatable bonds is 2. The van der Waals surface area contributed by atoms with E-state index in [9.17, 15) is 4.39 Å². The summed E-state index contributed by atoms with van der Waals surface area (Å²) >= 11 is 5.89. The molecule has 5 nitrogen and oxygen atoms in total. The van der Waals surface area contributed by atoms with Crippen molar-refractivity contribution in [2.24, 2.45) is 0 Å². The van der Waals surface area contributed by atoms with Crippen molar-refractivity contribution in [3.63, 3.8) is 0 Å². The zero-order chi connectivity index (χ0) is 13.1. The lowest BCUT2D eigenvalue weighted by Gasteiger charge is -2.09. The van der Waals surface area contributed by atoms with Crippen LogP contribution in [0.3, 0.4) is 0 Å². The molecule has 0 atom stereocenters. The van der Waals surface area contributed by atoms with E-state index in [0.717, 1.165) is 0 Å². The third kappa shape index (κ3) is 2.17. The number of anilines is 3. The molecule has 0 radical (unpaired) electrons. The minimum atomic E-state index is -0.624. The van der Waals surface area contributed by atoms with Crippen LogP contribution in [0.4, 0.5) is 21.7 Å². The average Bonchev–Trinajstić information content (AvgIpc) is 2.35. The maximum Gasteiger partial charge on any atom is 0.154 e. The second-order valence-electron chi connectivity index (χ2n) is 3.32. The van der Waals surface area contributed by atoms with Crippen LogP contribution in [0.15, 0.2) is 24.5 Å². The molecule has 1 aromatic carbocycles. The van der Waals surface area contributed by atoms with E-state index in [2.05, 4.69) is 15.3 Å². The topological polar surface area (TPSA) is 87.6 Å². The van der Waals surface area contributed by atoms with Crippen molar-refractivity contribution in [1.82, 2.24) is 9.97 Å². The quantitative estimate of drug-likeness (QED) is 0.869. The van der Waals surface area contributed by atoms with Gasteiger partial charge in [-0.15, -0.1) is 0 Å². The summed E-state index contributed by atoms with van der Waals surface area (Å²) in [6.07, 6.45) is 1.22. The van der Waals surface area contributed by atoms with E-state index < -0.39 is 5.82 Å².